The highest BCUT2D eigenvalue weighted by molar-refractivity contribution is 5.74. The molecule has 0 spiro atoms. The maximum atomic E-state index is 14.1. The first-order chi connectivity index (χ1) is 23.4. The van der Waals surface area contributed by atoms with E-state index in [4.69, 9.17) is 29.4 Å². The molecule has 0 saturated carbocycles. The van der Waals surface area contributed by atoms with E-state index in [9.17, 15) is 19.8 Å². The number of esters is 1. The Morgan fingerprint density at radius 3 is 2.48 bits per heavy atom. The SMILES string of the molecule is CC[C@@H]1OC(=O)[C@H](C)[C@@H](OC(=O)NCCc2ccccn2)[C@H](C)[C@@H](OC2O[C@H](C)C[C@H](N(C)C)[C@H]2O)[C@](C)(O)C[C@@H](C)[C@H]2OC1(C)[C@@H](N)[C@@H]2C. The van der Waals surface area contributed by atoms with Crippen LogP contribution in [0.15, 0.2) is 24.4 Å². The number of fused-ring (bicyclic) bond motifs is 2. The van der Waals surface area contributed by atoms with Gasteiger partial charge in [-0.25, -0.2) is 4.79 Å². The van der Waals surface area contributed by atoms with Crippen molar-refractivity contribution in [2.45, 2.75) is 147 Å². The lowest BCUT2D eigenvalue weighted by Gasteiger charge is -2.47. The predicted octanol–water partition coefficient (Wildman–Crippen LogP) is 3.04. The third-order valence-corrected chi connectivity index (χ3v) is 11.4. The van der Waals surface area contributed by atoms with Crippen LogP contribution in [-0.2, 0) is 34.9 Å². The molecule has 2 bridgehead atoms. The number of pyridine rings is 1. The van der Waals surface area contributed by atoms with E-state index in [0.717, 1.165) is 5.69 Å². The van der Waals surface area contributed by atoms with E-state index in [1.165, 1.54) is 0 Å². The number of carbonyl (C=O) groups is 2. The predicted molar refractivity (Wildman–Crippen MR) is 187 cm³/mol. The minimum Gasteiger partial charge on any atom is -0.459 e. The molecule has 1 aromatic heterocycles. The first-order valence-electron chi connectivity index (χ1n) is 18.3. The number of cyclic esters (lactones) is 1. The van der Waals surface area contributed by atoms with Crippen LogP contribution in [0, 0.1) is 23.7 Å². The molecular weight excluding hydrogens is 644 g/mol. The van der Waals surface area contributed by atoms with Gasteiger partial charge < -0.3 is 49.8 Å². The minimum atomic E-state index is -1.57. The van der Waals surface area contributed by atoms with E-state index in [2.05, 4.69) is 10.3 Å². The van der Waals surface area contributed by atoms with Crippen molar-refractivity contribution in [3.05, 3.63) is 30.1 Å². The van der Waals surface area contributed by atoms with Gasteiger partial charge in [0.15, 0.2) is 6.29 Å². The third-order valence-electron chi connectivity index (χ3n) is 11.4. The number of aliphatic hydroxyl groups excluding tert-OH is 1. The zero-order valence-electron chi connectivity index (χ0n) is 31.6. The van der Waals surface area contributed by atoms with Crippen LogP contribution < -0.4 is 11.1 Å². The maximum Gasteiger partial charge on any atom is 0.407 e. The summed E-state index contributed by atoms with van der Waals surface area (Å²) in [6.45, 7) is 15.1. The first-order valence-corrected chi connectivity index (χ1v) is 18.3. The zero-order valence-corrected chi connectivity index (χ0v) is 31.6. The van der Waals surface area contributed by atoms with E-state index >= 15 is 0 Å². The van der Waals surface area contributed by atoms with Gasteiger partial charge in [0.05, 0.1) is 29.8 Å². The van der Waals surface area contributed by atoms with Crippen molar-refractivity contribution in [1.82, 2.24) is 15.2 Å². The normalized spacial score (nSPS) is 42.9. The largest absolute Gasteiger partial charge is 0.459 e. The van der Waals surface area contributed by atoms with Crippen molar-refractivity contribution in [3.8, 4) is 0 Å². The molecule has 50 heavy (non-hydrogen) atoms. The average molecular weight is 707 g/mol. The molecule has 0 aliphatic carbocycles. The van der Waals surface area contributed by atoms with Crippen LogP contribution in [0.3, 0.4) is 0 Å². The van der Waals surface area contributed by atoms with Crippen molar-refractivity contribution in [1.29, 1.82) is 0 Å². The zero-order chi connectivity index (χ0) is 37.1. The maximum absolute atomic E-state index is 14.1. The molecule has 4 heterocycles. The van der Waals surface area contributed by atoms with Crippen molar-refractivity contribution >= 4 is 12.1 Å². The highest BCUT2D eigenvalue weighted by Crippen LogP contribution is 2.45. The smallest absolute Gasteiger partial charge is 0.407 e. The fraction of sp³-hybridized carbons (Fsp3) is 0.811. The number of nitrogens with two attached hydrogens (primary N) is 1. The summed E-state index contributed by atoms with van der Waals surface area (Å²) >= 11 is 0. The fourth-order valence-electron chi connectivity index (χ4n) is 8.48. The number of hydrogen-bond acceptors (Lipinski definition) is 12. The molecule has 15 atom stereocenters. The number of aliphatic hydroxyl groups is 2. The van der Waals surface area contributed by atoms with Gasteiger partial charge in [-0.1, -0.05) is 33.8 Å². The Morgan fingerprint density at radius 1 is 1.16 bits per heavy atom. The second kappa shape index (κ2) is 16.5. The van der Waals surface area contributed by atoms with Crippen LogP contribution in [0.4, 0.5) is 4.79 Å². The molecule has 1 amide bonds. The molecule has 0 aromatic carbocycles. The quantitative estimate of drug-likeness (QED) is 0.292. The standard InChI is InChI=1S/C37H62N4O9/c1-11-27-37(8)31(38)22(4)29(50-37)20(2)19-36(7,45)32(49-34-28(42)26(41(9)10)18-21(3)46-34)23(5)30(24(6)33(43)47-27)48-35(44)40-17-15-25-14-12-13-16-39-25/h12-14,16,20-24,26-32,34,42,45H,11,15,17-19,38H2,1-10H3,(H,40,44)/t20-,21-,22-,23+,24-,26+,27+,28-,29-,30+,31+,32-,34?,36-,37?/m1/s1. The van der Waals surface area contributed by atoms with Gasteiger partial charge >= 0.3 is 12.1 Å². The lowest BCUT2D eigenvalue weighted by atomic mass is 9.75. The van der Waals surface area contributed by atoms with Crippen LogP contribution in [0.1, 0.15) is 80.3 Å². The van der Waals surface area contributed by atoms with Crippen molar-refractivity contribution in [3.63, 3.8) is 0 Å². The molecular formula is C37H62N4O9. The summed E-state index contributed by atoms with van der Waals surface area (Å²) < 4.78 is 31.8. The number of rotatable bonds is 8. The summed E-state index contributed by atoms with van der Waals surface area (Å²) in [5.74, 6) is -2.67. The third kappa shape index (κ3) is 8.79. The summed E-state index contributed by atoms with van der Waals surface area (Å²) in [7, 11) is 3.77. The van der Waals surface area contributed by atoms with E-state index in [0.29, 0.717) is 19.3 Å². The van der Waals surface area contributed by atoms with Gasteiger partial charge in [0.1, 0.15) is 23.9 Å². The van der Waals surface area contributed by atoms with Gasteiger partial charge in [-0.05, 0) is 79.1 Å². The monoisotopic (exact) mass is 706 g/mol. The van der Waals surface area contributed by atoms with Crippen LogP contribution in [0.5, 0.6) is 0 Å². The topological polar surface area (TPSA) is 175 Å². The van der Waals surface area contributed by atoms with Crippen LogP contribution in [0.2, 0.25) is 0 Å². The number of aromatic nitrogens is 1. The molecule has 13 heteroatoms. The highest BCUT2D eigenvalue weighted by Gasteiger charge is 2.57. The van der Waals surface area contributed by atoms with E-state index in [1.807, 2.05) is 71.8 Å². The number of ether oxygens (including phenoxy) is 5. The lowest BCUT2D eigenvalue weighted by Crippen LogP contribution is -2.59. The van der Waals surface area contributed by atoms with Crippen LogP contribution in [-0.4, -0.2) is 119 Å². The summed E-state index contributed by atoms with van der Waals surface area (Å²) in [4.78, 5) is 33.7. The van der Waals surface area contributed by atoms with Crippen molar-refractivity contribution < 1.29 is 43.5 Å². The van der Waals surface area contributed by atoms with Gasteiger partial charge in [-0.15, -0.1) is 0 Å². The number of alkyl carbamates (subject to hydrolysis) is 1. The molecule has 3 fully saturated rings. The van der Waals surface area contributed by atoms with E-state index in [1.54, 1.807) is 27.0 Å². The van der Waals surface area contributed by atoms with Crippen LogP contribution in [0.25, 0.3) is 0 Å². The summed E-state index contributed by atoms with van der Waals surface area (Å²) in [6, 6.07) is 4.85. The molecule has 5 N–H and O–H groups in total. The molecule has 0 radical (unpaired) electrons. The molecule has 2 unspecified atom stereocenters. The highest BCUT2D eigenvalue weighted by atomic mass is 16.7. The molecule has 3 aliphatic rings. The Morgan fingerprint density at radius 2 is 1.86 bits per heavy atom. The van der Waals surface area contributed by atoms with Gasteiger partial charge in [0.2, 0.25) is 0 Å². The lowest BCUT2D eigenvalue weighted by molar-refractivity contribution is -0.299. The molecule has 13 nitrogen and oxygen atoms in total. The Balaban J connectivity index is 1.72. The Bertz CT molecular complexity index is 1270. The number of nitrogens with one attached hydrogen (secondary N) is 1. The first kappa shape index (κ1) is 40.4. The number of hydrogen-bond donors (Lipinski definition) is 4. The van der Waals surface area contributed by atoms with Gasteiger partial charge in [-0.3, -0.25) is 9.78 Å². The van der Waals surface area contributed by atoms with E-state index in [-0.39, 0.29) is 43.1 Å². The summed E-state index contributed by atoms with van der Waals surface area (Å²) in [6.07, 6.45) is -2.89. The van der Waals surface area contributed by atoms with Crippen molar-refractivity contribution in [2.75, 3.05) is 20.6 Å². The Kier molecular flexibility index (Phi) is 13.3. The molecule has 3 saturated heterocycles. The van der Waals surface area contributed by atoms with E-state index < -0.39 is 71.8 Å². The number of amides is 1. The van der Waals surface area contributed by atoms with Gasteiger partial charge in [-0.2, -0.15) is 0 Å². The average Bonchev–Trinajstić information content (AvgIpc) is 3.30. The number of carbonyl (C=O) groups excluding carboxylic acids is 2. The molecule has 3 aliphatic heterocycles. The number of nitrogens with zero attached hydrogens (tertiary/aromatic N) is 2. The van der Waals surface area contributed by atoms with Crippen LogP contribution >= 0.6 is 0 Å². The van der Waals surface area contributed by atoms with Gasteiger partial charge in [0.25, 0.3) is 0 Å². The number of likely N-dealkylation sites (N-methyl/N-ethyl adjacent to an activating group) is 1. The fourth-order valence-corrected chi connectivity index (χ4v) is 8.48. The summed E-state index contributed by atoms with van der Waals surface area (Å²) in [5, 5.41) is 26.7. The molecule has 4 rings (SSSR count). The Labute approximate surface area is 297 Å². The molecule has 1 aromatic rings. The van der Waals surface area contributed by atoms with Crippen molar-refractivity contribution in [2.24, 2.45) is 29.4 Å². The molecule has 284 valence electrons. The van der Waals surface area contributed by atoms with Gasteiger partial charge in [0, 0.05) is 48.8 Å². The Hall–Kier alpha value is -2.39. The summed E-state index contributed by atoms with van der Waals surface area (Å²) in [5.41, 5.74) is 5.06. The second-order valence-electron chi connectivity index (χ2n) is 15.7. The second-order valence-corrected chi connectivity index (χ2v) is 15.7. The minimum absolute atomic E-state index is 0.105.